The van der Waals surface area contributed by atoms with E-state index in [1.807, 2.05) is 13.8 Å². The lowest BCUT2D eigenvalue weighted by Gasteiger charge is -2.73. The lowest BCUT2D eigenvalue weighted by atomic mass is 9.32. The molecule has 9 heteroatoms. The minimum Gasteiger partial charge on any atom is -0.481 e. The molecule has 6 aliphatic carbocycles. The van der Waals surface area contributed by atoms with Crippen LogP contribution < -0.4 is 0 Å². The third-order valence-electron chi connectivity index (χ3n) is 21.0. The molecule has 0 bridgehead atoms. The van der Waals surface area contributed by atoms with Crippen LogP contribution in [0.25, 0.3) is 11.3 Å². The number of aliphatic carboxylic acids is 1. The van der Waals surface area contributed by atoms with Crippen LogP contribution in [-0.4, -0.2) is 75.6 Å². The second kappa shape index (κ2) is 15.8. The number of hydrogen-bond donors (Lipinski definition) is 1. The van der Waals surface area contributed by atoms with E-state index in [1.165, 1.54) is 12.0 Å². The van der Waals surface area contributed by atoms with Crippen LogP contribution in [0.5, 0.6) is 0 Å². The lowest BCUT2D eigenvalue weighted by molar-refractivity contribution is -0.251. The molecule has 1 N–H and O–H groups in total. The first kappa shape index (κ1) is 45.7. The van der Waals surface area contributed by atoms with Crippen molar-refractivity contribution in [3.8, 4) is 11.3 Å². The first-order valence-corrected chi connectivity index (χ1v) is 25.3. The van der Waals surface area contributed by atoms with Gasteiger partial charge in [-0.1, -0.05) is 91.0 Å². The van der Waals surface area contributed by atoms with Crippen LogP contribution in [0.15, 0.2) is 48.7 Å². The second-order valence-electron chi connectivity index (χ2n) is 24.6. The number of rotatable bonds is 10. The standard InChI is InChI=1S/C55H80N4O5/c1-34(2)36-21-26-55(49(63)59-29-15-18-41(59)46-56-40(35-16-13-12-14-17-35)33-58(46)31-30-57(10)11)28-27-53(8)37(45(36)55)19-20-43-52(7)24-23-44(51(5,6)42(52)22-25-54(43,53)9)64-48(62)39-32-38(47(60)61)50(39,3)4/h12-14,16-17,33,36-39,41-45H,1,15,18-32H2,2-11H3,(H,60,61)/t36-,37+,38-,39+,41-,42-,43+,44-,45+,52-,53+,54+,55-/m0/s1. The summed E-state index contributed by atoms with van der Waals surface area (Å²) in [7, 11) is 4.24. The van der Waals surface area contributed by atoms with Gasteiger partial charge in [-0.05, 0) is 156 Å². The SMILES string of the molecule is C=C(C)[C@@H]1CC[C@]2(C(=O)N3CCC[C@H]3c3nc(-c4ccccc4)cn3CCN(C)C)CC[C@]3(C)[C@H](CC[C@@H]4[C@@]5(C)CC[C@H](OC(=O)[C@H]6C[C@@H](C(=O)O)C6(C)C)C(C)(C)[C@@H]5CC[C@]43C)[C@@H]12. The van der Waals surface area contributed by atoms with Crippen molar-refractivity contribution < 1.29 is 24.2 Å². The number of carboxylic acids is 1. The summed E-state index contributed by atoms with van der Waals surface area (Å²) in [6.07, 6.45) is 14.9. The summed E-state index contributed by atoms with van der Waals surface area (Å²) >= 11 is 0. The number of carboxylic acid groups (broad SMARTS) is 1. The number of imidazole rings is 1. The van der Waals surface area contributed by atoms with E-state index < -0.39 is 17.3 Å². The lowest BCUT2D eigenvalue weighted by Crippen LogP contribution is -2.67. The van der Waals surface area contributed by atoms with Gasteiger partial charge in [0, 0.05) is 36.8 Å². The van der Waals surface area contributed by atoms with Crippen LogP contribution in [0, 0.1) is 73.9 Å². The number of fused-ring (bicyclic) bond motifs is 7. The number of amides is 1. The Morgan fingerprint density at radius 1 is 0.844 bits per heavy atom. The van der Waals surface area contributed by atoms with Gasteiger partial charge in [-0.3, -0.25) is 14.4 Å². The molecule has 2 heterocycles. The Bertz CT molecular complexity index is 2160. The van der Waals surface area contributed by atoms with Crippen molar-refractivity contribution in [1.29, 1.82) is 0 Å². The van der Waals surface area contributed by atoms with E-state index >= 15 is 4.79 Å². The molecule has 0 unspecified atom stereocenters. The highest BCUT2D eigenvalue weighted by molar-refractivity contribution is 5.85. The first-order valence-electron chi connectivity index (χ1n) is 25.3. The molecule has 1 aliphatic heterocycles. The van der Waals surface area contributed by atoms with E-state index in [1.54, 1.807) is 0 Å². The zero-order valence-electron chi connectivity index (χ0n) is 41.1. The number of likely N-dealkylation sites (tertiary alicyclic amines) is 1. The predicted octanol–water partition coefficient (Wildman–Crippen LogP) is 11.1. The van der Waals surface area contributed by atoms with Crippen molar-refractivity contribution in [2.24, 2.45) is 73.9 Å². The van der Waals surface area contributed by atoms with Crippen LogP contribution in [0.3, 0.4) is 0 Å². The summed E-state index contributed by atoms with van der Waals surface area (Å²) in [6.45, 7) is 25.9. The van der Waals surface area contributed by atoms with Crippen molar-refractivity contribution in [1.82, 2.24) is 19.4 Å². The van der Waals surface area contributed by atoms with Gasteiger partial charge >= 0.3 is 11.9 Å². The van der Waals surface area contributed by atoms with Crippen LogP contribution in [0.1, 0.15) is 151 Å². The summed E-state index contributed by atoms with van der Waals surface area (Å²) in [4.78, 5) is 51.4. The molecule has 1 amide bonds. The number of ether oxygens (including phenoxy) is 1. The number of hydrogen-bond acceptors (Lipinski definition) is 6. The maximum Gasteiger partial charge on any atom is 0.309 e. The van der Waals surface area contributed by atoms with Crippen LogP contribution in [0.4, 0.5) is 0 Å². The molecule has 350 valence electrons. The Balaban J connectivity index is 0.983. The van der Waals surface area contributed by atoms with Gasteiger partial charge in [-0.2, -0.15) is 0 Å². The summed E-state index contributed by atoms with van der Waals surface area (Å²) in [5, 5.41) is 9.74. The number of esters is 1. The third-order valence-corrected chi connectivity index (χ3v) is 21.0. The van der Waals surface area contributed by atoms with Crippen LogP contribution in [0.2, 0.25) is 0 Å². The zero-order chi connectivity index (χ0) is 45.9. The molecule has 1 saturated heterocycles. The molecule has 64 heavy (non-hydrogen) atoms. The van der Waals surface area contributed by atoms with Crippen molar-refractivity contribution >= 4 is 17.8 Å². The average Bonchev–Trinajstić information content (AvgIpc) is 3.99. The molecule has 2 aromatic rings. The van der Waals surface area contributed by atoms with E-state index in [0.717, 1.165) is 107 Å². The number of benzene rings is 1. The fourth-order valence-electron chi connectivity index (χ4n) is 17.2. The van der Waals surface area contributed by atoms with Gasteiger partial charge in [0.15, 0.2) is 0 Å². The normalized spacial score (nSPS) is 40.7. The van der Waals surface area contributed by atoms with Gasteiger partial charge in [0.25, 0.3) is 0 Å². The van der Waals surface area contributed by atoms with Crippen LogP contribution in [-0.2, 0) is 25.7 Å². The van der Waals surface area contributed by atoms with Crippen LogP contribution >= 0.6 is 0 Å². The van der Waals surface area contributed by atoms with E-state index in [9.17, 15) is 14.7 Å². The summed E-state index contributed by atoms with van der Waals surface area (Å²) in [5.41, 5.74) is 2.52. The van der Waals surface area contributed by atoms with Gasteiger partial charge < -0.3 is 24.2 Å². The summed E-state index contributed by atoms with van der Waals surface area (Å²) < 4.78 is 8.84. The number of likely N-dealkylation sites (N-methyl/N-ethyl adjacent to an activating group) is 1. The smallest absolute Gasteiger partial charge is 0.309 e. The van der Waals surface area contributed by atoms with E-state index in [-0.39, 0.29) is 57.0 Å². The van der Waals surface area contributed by atoms with Gasteiger partial charge in [-0.25, -0.2) is 4.98 Å². The molecular weight excluding hydrogens is 797 g/mol. The van der Waals surface area contributed by atoms with Gasteiger partial charge in [0.05, 0.1) is 29.0 Å². The summed E-state index contributed by atoms with van der Waals surface area (Å²) in [6, 6.07) is 10.5. The second-order valence-corrected chi connectivity index (χ2v) is 24.6. The number of allylic oxidation sites excluding steroid dienone is 1. The van der Waals surface area contributed by atoms with Gasteiger partial charge in [-0.15, -0.1) is 0 Å². The van der Waals surface area contributed by atoms with Gasteiger partial charge in [0.2, 0.25) is 5.91 Å². The molecule has 9 nitrogen and oxygen atoms in total. The van der Waals surface area contributed by atoms with Gasteiger partial charge in [0.1, 0.15) is 11.9 Å². The molecule has 13 atom stereocenters. The van der Waals surface area contributed by atoms with E-state index in [4.69, 9.17) is 9.72 Å². The fourth-order valence-corrected chi connectivity index (χ4v) is 17.2. The number of carbonyl (C=O) groups excluding carboxylic acids is 2. The topological polar surface area (TPSA) is 105 Å². The molecule has 6 saturated carbocycles. The Morgan fingerprint density at radius 2 is 1.58 bits per heavy atom. The third kappa shape index (κ3) is 6.66. The van der Waals surface area contributed by atoms with Crippen molar-refractivity contribution in [3.63, 3.8) is 0 Å². The van der Waals surface area contributed by atoms with Crippen molar-refractivity contribution in [2.75, 3.05) is 27.2 Å². The first-order chi connectivity index (χ1) is 30.1. The van der Waals surface area contributed by atoms with Crippen molar-refractivity contribution in [3.05, 3.63) is 54.5 Å². The highest BCUT2D eigenvalue weighted by Crippen LogP contribution is 2.78. The average molecular weight is 877 g/mol. The minimum atomic E-state index is -0.817. The minimum absolute atomic E-state index is 0.0255. The molecule has 1 aromatic carbocycles. The number of aromatic nitrogens is 2. The quantitative estimate of drug-likeness (QED) is 0.187. The maximum absolute atomic E-state index is 15.9. The van der Waals surface area contributed by atoms with Crippen molar-refractivity contribution in [2.45, 2.75) is 158 Å². The Labute approximate surface area is 384 Å². The zero-order valence-corrected chi connectivity index (χ0v) is 41.1. The molecular formula is C55H80N4O5. The number of nitrogens with zero attached hydrogens (tertiary/aromatic N) is 4. The highest BCUT2D eigenvalue weighted by atomic mass is 16.5. The number of carbonyl (C=O) groups is 3. The Morgan fingerprint density at radius 3 is 2.25 bits per heavy atom. The largest absolute Gasteiger partial charge is 0.481 e. The Hall–Kier alpha value is -3.46. The highest BCUT2D eigenvalue weighted by Gasteiger charge is 2.72. The fraction of sp³-hybridized carbons (Fsp3) is 0.745. The summed E-state index contributed by atoms with van der Waals surface area (Å²) in [5.74, 6) is 1.61. The molecule has 1 aromatic heterocycles. The molecule has 0 spiro atoms. The van der Waals surface area contributed by atoms with E-state index in [0.29, 0.717) is 36.0 Å². The molecule has 7 aliphatic rings. The Kier molecular flexibility index (Phi) is 11.3. The molecule has 0 radical (unpaired) electrons. The molecule has 9 rings (SSSR count). The monoisotopic (exact) mass is 877 g/mol. The molecule has 7 fully saturated rings. The maximum atomic E-state index is 15.9. The predicted molar refractivity (Wildman–Crippen MR) is 252 cm³/mol. The van der Waals surface area contributed by atoms with E-state index in [2.05, 4.69) is 113 Å².